The normalized spacial score (nSPS) is 29.3. The number of halogens is 1. The molecular weight excluding hydrogens is 580 g/mol. The number of amides is 2. The summed E-state index contributed by atoms with van der Waals surface area (Å²) in [5.41, 5.74) is -0.800. The number of fused-ring (bicyclic) bond motifs is 1. The van der Waals surface area contributed by atoms with Gasteiger partial charge >= 0.3 is 5.97 Å². The first-order valence-electron chi connectivity index (χ1n) is 15.3. The highest BCUT2D eigenvalue weighted by Gasteiger charge is 2.80. The first-order valence-corrected chi connectivity index (χ1v) is 15.6. The lowest BCUT2D eigenvalue weighted by atomic mass is 9.62. The van der Waals surface area contributed by atoms with E-state index in [-0.39, 0.29) is 37.5 Å². The van der Waals surface area contributed by atoms with E-state index in [4.69, 9.17) is 21.1 Å². The van der Waals surface area contributed by atoms with E-state index in [0.717, 1.165) is 5.56 Å². The summed E-state index contributed by atoms with van der Waals surface area (Å²) < 4.78 is 12.6. The van der Waals surface area contributed by atoms with Gasteiger partial charge in [-0.25, -0.2) is 0 Å². The third-order valence-corrected chi connectivity index (χ3v) is 9.92. The lowest BCUT2D eigenvalue weighted by molar-refractivity contribution is -0.162. The van der Waals surface area contributed by atoms with Crippen molar-refractivity contribution in [3.63, 3.8) is 0 Å². The molecule has 3 aliphatic heterocycles. The zero-order valence-corrected chi connectivity index (χ0v) is 26.1. The van der Waals surface area contributed by atoms with E-state index < -0.39 is 41.1 Å². The first-order chi connectivity index (χ1) is 21.1. The predicted molar refractivity (Wildman–Crippen MR) is 169 cm³/mol. The Morgan fingerprint density at radius 2 is 1.89 bits per heavy atom. The quantitative estimate of drug-likeness (QED) is 0.193. The molecule has 2 bridgehead atoms. The van der Waals surface area contributed by atoms with E-state index in [9.17, 15) is 19.5 Å². The fourth-order valence-corrected chi connectivity index (χ4v) is 7.68. The highest BCUT2D eigenvalue weighted by Crippen LogP contribution is 2.65. The topological polar surface area (TPSA) is 96.4 Å². The maximum atomic E-state index is 14.9. The van der Waals surface area contributed by atoms with Crippen LogP contribution in [0.2, 0.25) is 5.02 Å². The number of carbonyl (C=O) groups is 3. The van der Waals surface area contributed by atoms with E-state index in [1.807, 2.05) is 44.2 Å². The van der Waals surface area contributed by atoms with Gasteiger partial charge in [-0.2, -0.15) is 0 Å². The average molecular weight is 621 g/mol. The molecule has 1 N–H and O–H groups in total. The lowest BCUT2D eigenvalue weighted by Crippen LogP contribution is -2.59. The molecule has 7 atom stereocenters. The number of hydrogen-bond donors (Lipinski definition) is 1. The van der Waals surface area contributed by atoms with Crippen molar-refractivity contribution >= 4 is 35.1 Å². The van der Waals surface area contributed by atoms with Crippen LogP contribution in [0.4, 0.5) is 5.69 Å². The molecule has 3 saturated heterocycles. The molecule has 3 aliphatic rings. The number of carbonyl (C=O) groups excluding carboxylic acids is 3. The number of esters is 1. The van der Waals surface area contributed by atoms with Gasteiger partial charge in [0.05, 0.1) is 30.8 Å². The van der Waals surface area contributed by atoms with E-state index in [1.54, 1.807) is 41.3 Å². The Labute approximate surface area is 264 Å². The minimum atomic E-state index is -1.29. The van der Waals surface area contributed by atoms with Crippen LogP contribution in [0.3, 0.4) is 0 Å². The Bertz CT molecular complexity index is 1400. The van der Waals surface area contributed by atoms with Gasteiger partial charge in [-0.05, 0) is 68.4 Å². The molecule has 2 aromatic carbocycles. The summed E-state index contributed by atoms with van der Waals surface area (Å²) in [4.78, 5) is 46.4. The molecule has 5 rings (SSSR count). The summed E-state index contributed by atoms with van der Waals surface area (Å²) in [6.45, 7) is 11.4. The molecule has 234 valence electrons. The number of allylic oxidation sites excluding steroid dienone is 1. The van der Waals surface area contributed by atoms with Gasteiger partial charge in [0.15, 0.2) is 0 Å². The van der Waals surface area contributed by atoms with Crippen molar-refractivity contribution < 1.29 is 29.0 Å². The van der Waals surface area contributed by atoms with Crippen LogP contribution in [-0.4, -0.2) is 70.8 Å². The predicted octanol–water partition coefficient (Wildman–Crippen LogP) is 4.98. The van der Waals surface area contributed by atoms with E-state index in [2.05, 4.69) is 13.2 Å². The molecule has 44 heavy (non-hydrogen) atoms. The number of aliphatic hydroxyl groups is 1. The van der Waals surface area contributed by atoms with Gasteiger partial charge in [0.1, 0.15) is 17.6 Å². The number of anilines is 1. The van der Waals surface area contributed by atoms with Crippen LogP contribution < -0.4 is 4.90 Å². The minimum Gasteiger partial charge on any atom is -0.465 e. The lowest BCUT2D eigenvalue weighted by Gasteiger charge is -2.39. The largest absolute Gasteiger partial charge is 0.465 e. The molecule has 0 radical (unpaired) electrons. The summed E-state index contributed by atoms with van der Waals surface area (Å²) in [5, 5.41) is 11.3. The summed E-state index contributed by atoms with van der Waals surface area (Å²) in [5.74, 6) is -3.23. The molecule has 1 spiro atoms. The molecule has 3 unspecified atom stereocenters. The molecule has 2 aromatic rings. The van der Waals surface area contributed by atoms with Crippen molar-refractivity contribution in [1.82, 2.24) is 4.90 Å². The minimum absolute atomic E-state index is 0.141. The van der Waals surface area contributed by atoms with Gasteiger partial charge < -0.3 is 24.4 Å². The molecule has 2 amide bonds. The fourth-order valence-electron chi connectivity index (χ4n) is 7.56. The van der Waals surface area contributed by atoms with E-state index in [1.165, 1.54) is 4.90 Å². The van der Waals surface area contributed by atoms with Crippen molar-refractivity contribution in [3.05, 3.63) is 90.5 Å². The van der Waals surface area contributed by atoms with E-state index >= 15 is 0 Å². The Kier molecular flexibility index (Phi) is 9.35. The second-order valence-corrected chi connectivity index (χ2v) is 12.7. The van der Waals surface area contributed by atoms with Crippen molar-refractivity contribution in [1.29, 1.82) is 0 Å². The van der Waals surface area contributed by atoms with Gasteiger partial charge in [-0.1, -0.05) is 61.0 Å². The molecular formula is C35H41ClN2O6. The maximum Gasteiger partial charge on any atom is 0.312 e. The molecule has 3 fully saturated rings. The average Bonchev–Trinajstić information content (AvgIpc) is 3.54. The summed E-state index contributed by atoms with van der Waals surface area (Å²) in [7, 11) is 0. The first kappa shape index (κ1) is 31.9. The molecule has 8 nitrogen and oxygen atoms in total. The standard InChI is InChI=1S/C35H41ClN2O6/c1-5-7-11-19-43-33(42)29-28-31(40)38(27(22-39)20-24-12-9-8-10-13-24)30(35(28)21-23(3)34(29,4)44-35)32(41)37(18-6-2)26-16-14-25(36)15-17-26/h5-6,8-10,12-17,23,27-30,39H,1-2,7,11,18-22H2,3-4H3/t23?,27-,28+,29+,30?,34-,35?/m1/s1. The van der Waals surface area contributed by atoms with Crippen LogP contribution in [-0.2, 0) is 30.3 Å². The third kappa shape index (κ3) is 5.37. The third-order valence-electron chi connectivity index (χ3n) is 9.67. The zero-order chi connectivity index (χ0) is 31.6. The summed E-state index contributed by atoms with van der Waals surface area (Å²) >= 11 is 6.16. The van der Waals surface area contributed by atoms with Gasteiger partial charge in [0, 0.05) is 17.3 Å². The SMILES string of the molecule is C=CCCCOC(=O)[C@@H]1[C@H]2C(=O)N([C@@H](CO)Cc3ccccc3)C(C(=O)N(CC=C)c3ccc(Cl)cc3)C23CC(C)[C@@]1(C)O3. The fraction of sp³-hybridized carbons (Fsp3) is 0.457. The van der Waals surface area contributed by atoms with Gasteiger partial charge in [0.2, 0.25) is 5.91 Å². The van der Waals surface area contributed by atoms with Crippen LogP contribution in [0.5, 0.6) is 0 Å². The number of unbranched alkanes of at least 4 members (excludes halogenated alkanes) is 1. The highest BCUT2D eigenvalue weighted by atomic mass is 35.5. The van der Waals surface area contributed by atoms with Gasteiger partial charge in [-0.15, -0.1) is 13.2 Å². The van der Waals surface area contributed by atoms with Crippen molar-refractivity contribution in [2.45, 2.75) is 62.8 Å². The molecule has 0 aromatic heterocycles. The number of likely N-dealkylation sites (tertiary alicyclic amines) is 1. The molecule has 0 saturated carbocycles. The smallest absolute Gasteiger partial charge is 0.312 e. The molecule has 3 heterocycles. The van der Waals surface area contributed by atoms with Crippen molar-refractivity contribution in [3.8, 4) is 0 Å². The van der Waals surface area contributed by atoms with Crippen LogP contribution in [0.1, 0.15) is 38.7 Å². The van der Waals surface area contributed by atoms with Crippen LogP contribution in [0, 0.1) is 17.8 Å². The van der Waals surface area contributed by atoms with Crippen molar-refractivity contribution in [2.75, 3.05) is 24.7 Å². The van der Waals surface area contributed by atoms with Crippen LogP contribution in [0.25, 0.3) is 0 Å². The highest BCUT2D eigenvalue weighted by molar-refractivity contribution is 6.30. The number of hydrogen-bond acceptors (Lipinski definition) is 6. The van der Waals surface area contributed by atoms with Crippen LogP contribution >= 0.6 is 11.6 Å². The number of benzene rings is 2. The van der Waals surface area contributed by atoms with Crippen LogP contribution in [0.15, 0.2) is 79.9 Å². The Hall–Kier alpha value is -3.46. The summed E-state index contributed by atoms with van der Waals surface area (Å²) in [6, 6.07) is 14.6. The van der Waals surface area contributed by atoms with E-state index in [0.29, 0.717) is 36.4 Å². The monoisotopic (exact) mass is 620 g/mol. The second kappa shape index (κ2) is 12.9. The summed E-state index contributed by atoms with van der Waals surface area (Å²) in [6.07, 6.45) is 5.42. The number of nitrogens with zero attached hydrogens (tertiary/aromatic N) is 2. The number of rotatable bonds is 13. The maximum absolute atomic E-state index is 14.9. The molecule has 0 aliphatic carbocycles. The number of aliphatic hydroxyl groups excluding tert-OH is 1. The van der Waals surface area contributed by atoms with Gasteiger partial charge in [0.25, 0.3) is 5.91 Å². The van der Waals surface area contributed by atoms with Gasteiger partial charge in [-0.3, -0.25) is 14.4 Å². The Morgan fingerprint density at radius 3 is 2.52 bits per heavy atom. The zero-order valence-electron chi connectivity index (χ0n) is 25.4. The number of ether oxygens (including phenoxy) is 2. The van der Waals surface area contributed by atoms with Crippen molar-refractivity contribution in [2.24, 2.45) is 17.8 Å². The second-order valence-electron chi connectivity index (χ2n) is 12.3. The Morgan fingerprint density at radius 1 is 1.18 bits per heavy atom. The Balaban J connectivity index is 1.61. The molecule has 9 heteroatoms.